The summed E-state index contributed by atoms with van der Waals surface area (Å²) in [5.41, 5.74) is 1.18. The van der Waals surface area contributed by atoms with Crippen molar-refractivity contribution in [3.05, 3.63) is 23.2 Å². The molecule has 1 unspecified atom stereocenters. The Morgan fingerprint density at radius 3 is 2.71 bits per heavy atom. The van der Waals surface area contributed by atoms with Gasteiger partial charge in [0, 0.05) is 41.5 Å². The SMILES string of the molecule is Cc1cc(CNCCS(C)=O)c(C)o1. The summed E-state index contributed by atoms with van der Waals surface area (Å²) >= 11 is 0. The van der Waals surface area contributed by atoms with Crippen molar-refractivity contribution in [2.45, 2.75) is 20.4 Å². The summed E-state index contributed by atoms with van der Waals surface area (Å²) in [6.45, 7) is 5.48. The molecule has 3 nitrogen and oxygen atoms in total. The van der Waals surface area contributed by atoms with E-state index in [9.17, 15) is 4.21 Å². The van der Waals surface area contributed by atoms with Crippen molar-refractivity contribution >= 4 is 10.8 Å². The minimum atomic E-state index is -0.710. The smallest absolute Gasteiger partial charge is 0.105 e. The molecular formula is C10H17NO2S. The molecule has 0 saturated heterocycles. The molecule has 0 saturated carbocycles. The minimum absolute atomic E-state index is 0.704. The molecule has 14 heavy (non-hydrogen) atoms. The molecule has 0 spiro atoms. The fourth-order valence-electron chi connectivity index (χ4n) is 1.30. The van der Waals surface area contributed by atoms with E-state index in [2.05, 4.69) is 5.32 Å². The first-order valence-corrected chi connectivity index (χ1v) is 6.39. The van der Waals surface area contributed by atoms with Crippen molar-refractivity contribution in [1.82, 2.24) is 5.32 Å². The Kier molecular flexibility index (Phi) is 4.35. The lowest BCUT2D eigenvalue weighted by atomic mass is 10.2. The van der Waals surface area contributed by atoms with Gasteiger partial charge in [-0.2, -0.15) is 0 Å². The summed E-state index contributed by atoms with van der Waals surface area (Å²) in [5, 5.41) is 3.23. The van der Waals surface area contributed by atoms with Crippen molar-refractivity contribution in [1.29, 1.82) is 0 Å². The molecule has 4 heteroatoms. The van der Waals surface area contributed by atoms with E-state index in [1.807, 2.05) is 19.9 Å². The lowest BCUT2D eigenvalue weighted by Gasteiger charge is -2.01. The van der Waals surface area contributed by atoms with Crippen molar-refractivity contribution in [2.75, 3.05) is 18.6 Å². The first kappa shape index (κ1) is 11.5. The monoisotopic (exact) mass is 215 g/mol. The van der Waals surface area contributed by atoms with Crippen LogP contribution in [-0.2, 0) is 17.3 Å². The lowest BCUT2D eigenvalue weighted by Crippen LogP contribution is -2.19. The highest BCUT2D eigenvalue weighted by atomic mass is 32.2. The van der Waals surface area contributed by atoms with Gasteiger partial charge in [-0.3, -0.25) is 4.21 Å². The zero-order valence-corrected chi connectivity index (χ0v) is 9.74. The van der Waals surface area contributed by atoms with Crippen LogP contribution in [0.2, 0.25) is 0 Å². The molecule has 0 aliphatic heterocycles. The molecule has 1 rings (SSSR count). The molecule has 80 valence electrons. The zero-order chi connectivity index (χ0) is 10.6. The minimum Gasteiger partial charge on any atom is -0.466 e. The summed E-state index contributed by atoms with van der Waals surface area (Å²) in [6.07, 6.45) is 1.72. The number of nitrogens with one attached hydrogen (secondary N) is 1. The molecule has 1 N–H and O–H groups in total. The second-order valence-electron chi connectivity index (χ2n) is 3.39. The van der Waals surface area contributed by atoms with Gasteiger partial charge < -0.3 is 9.73 Å². The van der Waals surface area contributed by atoms with Gasteiger partial charge in [0.2, 0.25) is 0 Å². The van der Waals surface area contributed by atoms with Crippen LogP contribution in [0.3, 0.4) is 0 Å². The van der Waals surface area contributed by atoms with Crippen LogP contribution in [0.5, 0.6) is 0 Å². The van der Waals surface area contributed by atoms with E-state index < -0.39 is 10.8 Å². The average molecular weight is 215 g/mol. The summed E-state index contributed by atoms with van der Waals surface area (Å²) in [5.74, 6) is 2.61. The highest BCUT2D eigenvalue weighted by Crippen LogP contribution is 2.12. The van der Waals surface area contributed by atoms with Gasteiger partial charge in [0.05, 0.1) is 0 Å². The zero-order valence-electron chi connectivity index (χ0n) is 8.92. The van der Waals surface area contributed by atoms with Crippen molar-refractivity contribution in [3.63, 3.8) is 0 Å². The van der Waals surface area contributed by atoms with Gasteiger partial charge in [-0.15, -0.1) is 0 Å². The molecule has 0 bridgehead atoms. The Morgan fingerprint density at radius 2 is 2.21 bits per heavy atom. The molecule has 0 aliphatic carbocycles. The molecule has 0 fully saturated rings. The number of furan rings is 1. The maximum Gasteiger partial charge on any atom is 0.105 e. The van der Waals surface area contributed by atoms with Gasteiger partial charge >= 0.3 is 0 Å². The predicted molar refractivity (Wildman–Crippen MR) is 58.8 cm³/mol. The molecule has 0 aromatic carbocycles. The van der Waals surface area contributed by atoms with Crippen LogP contribution in [0.15, 0.2) is 10.5 Å². The topological polar surface area (TPSA) is 42.2 Å². The summed E-state index contributed by atoms with van der Waals surface area (Å²) < 4.78 is 16.2. The van der Waals surface area contributed by atoms with E-state index in [1.165, 1.54) is 5.56 Å². The maximum absolute atomic E-state index is 10.8. The van der Waals surface area contributed by atoms with Gasteiger partial charge in [-0.1, -0.05) is 0 Å². The molecule has 0 aliphatic rings. The first-order valence-electron chi connectivity index (χ1n) is 4.66. The van der Waals surface area contributed by atoms with Crippen LogP contribution in [0.4, 0.5) is 0 Å². The third-order valence-electron chi connectivity index (χ3n) is 2.03. The molecule has 1 atom stereocenters. The van der Waals surface area contributed by atoms with Gasteiger partial charge in [0.25, 0.3) is 0 Å². The van der Waals surface area contributed by atoms with E-state index in [0.717, 1.165) is 24.6 Å². The summed E-state index contributed by atoms with van der Waals surface area (Å²) in [7, 11) is -0.710. The van der Waals surface area contributed by atoms with Crippen LogP contribution < -0.4 is 5.32 Å². The molecule has 0 amide bonds. The standard InChI is InChI=1S/C10H17NO2S/c1-8-6-10(9(2)13-8)7-11-4-5-14(3)12/h6,11H,4-5,7H2,1-3H3. The number of aryl methyl sites for hydroxylation is 2. The van der Waals surface area contributed by atoms with Crippen molar-refractivity contribution < 1.29 is 8.63 Å². The summed E-state index contributed by atoms with van der Waals surface area (Å²) in [4.78, 5) is 0. The van der Waals surface area contributed by atoms with E-state index in [4.69, 9.17) is 4.42 Å². The lowest BCUT2D eigenvalue weighted by molar-refractivity contribution is 0.499. The van der Waals surface area contributed by atoms with Crippen LogP contribution in [0, 0.1) is 13.8 Å². The molecule has 1 heterocycles. The highest BCUT2D eigenvalue weighted by Gasteiger charge is 2.03. The maximum atomic E-state index is 10.8. The van der Waals surface area contributed by atoms with Crippen LogP contribution >= 0.6 is 0 Å². The second kappa shape index (κ2) is 5.32. The Bertz CT molecular complexity index is 320. The van der Waals surface area contributed by atoms with E-state index in [0.29, 0.717) is 5.75 Å². The van der Waals surface area contributed by atoms with Crippen molar-refractivity contribution in [2.24, 2.45) is 0 Å². The second-order valence-corrected chi connectivity index (χ2v) is 4.95. The summed E-state index contributed by atoms with van der Waals surface area (Å²) in [6, 6.07) is 2.03. The Balaban J connectivity index is 2.31. The van der Waals surface area contributed by atoms with Crippen LogP contribution in [-0.4, -0.2) is 22.8 Å². The normalized spacial score (nSPS) is 13.1. The van der Waals surface area contributed by atoms with E-state index in [-0.39, 0.29) is 0 Å². The quantitative estimate of drug-likeness (QED) is 0.754. The average Bonchev–Trinajstić information content (AvgIpc) is 2.39. The van der Waals surface area contributed by atoms with Crippen molar-refractivity contribution in [3.8, 4) is 0 Å². The third-order valence-corrected chi connectivity index (χ3v) is 2.80. The van der Waals surface area contributed by atoms with Crippen LogP contribution in [0.1, 0.15) is 17.1 Å². The van der Waals surface area contributed by atoms with Crippen LogP contribution in [0.25, 0.3) is 0 Å². The largest absolute Gasteiger partial charge is 0.466 e. The molecule has 1 aromatic rings. The molecule has 1 aromatic heterocycles. The Hall–Kier alpha value is -0.610. The predicted octanol–water partition coefficient (Wildman–Crippen LogP) is 1.36. The van der Waals surface area contributed by atoms with Gasteiger partial charge in [-0.25, -0.2) is 0 Å². The van der Waals surface area contributed by atoms with E-state index in [1.54, 1.807) is 6.26 Å². The van der Waals surface area contributed by atoms with Gasteiger partial charge in [-0.05, 0) is 19.9 Å². The molecular weight excluding hydrogens is 198 g/mol. The van der Waals surface area contributed by atoms with Gasteiger partial charge in [0.1, 0.15) is 11.5 Å². The number of hydrogen-bond donors (Lipinski definition) is 1. The highest BCUT2D eigenvalue weighted by molar-refractivity contribution is 7.84. The fraction of sp³-hybridized carbons (Fsp3) is 0.600. The first-order chi connectivity index (χ1) is 6.59. The third kappa shape index (κ3) is 3.64. The van der Waals surface area contributed by atoms with Gasteiger partial charge in [0.15, 0.2) is 0 Å². The fourth-order valence-corrected chi connectivity index (χ4v) is 1.73. The Labute approximate surface area is 87.3 Å². The number of hydrogen-bond acceptors (Lipinski definition) is 3. The van der Waals surface area contributed by atoms with E-state index >= 15 is 0 Å². The number of rotatable bonds is 5. The Morgan fingerprint density at radius 1 is 1.50 bits per heavy atom. The molecule has 0 radical (unpaired) electrons.